The van der Waals surface area contributed by atoms with Gasteiger partial charge >= 0.3 is 0 Å². The molecule has 0 amide bonds. The van der Waals surface area contributed by atoms with E-state index in [4.69, 9.17) is 4.74 Å². The van der Waals surface area contributed by atoms with Crippen LogP contribution in [0.2, 0.25) is 0 Å². The molecule has 1 aliphatic heterocycles. The van der Waals surface area contributed by atoms with Gasteiger partial charge in [-0.3, -0.25) is 9.78 Å². The number of aryl methyl sites for hydroxylation is 1. The normalized spacial score (nSPS) is 15.0. The maximum atomic E-state index is 12.3. The van der Waals surface area contributed by atoms with Crippen molar-refractivity contribution in [3.05, 3.63) is 52.5 Å². The Morgan fingerprint density at radius 1 is 1.32 bits per heavy atom. The van der Waals surface area contributed by atoms with Gasteiger partial charge in [0.05, 0.1) is 17.9 Å². The minimum atomic E-state index is -0.354. The zero-order chi connectivity index (χ0) is 15.9. The number of ether oxygens (including phenoxy) is 1. The van der Waals surface area contributed by atoms with Crippen molar-refractivity contribution in [3.63, 3.8) is 0 Å². The van der Waals surface area contributed by atoms with Crippen molar-refractivity contribution < 1.29 is 24.9 Å². The first kappa shape index (κ1) is 14.1. The van der Waals surface area contributed by atoms with Crippen molar-refractivity contribution in [3.8, 4) is 17.2 Å². The topological polar surface area (TPSA) is 99.9 Å². The molecule has 112 valence electrons. The molecule has 2 heterocycles. The Balaban J connectivity index is 2.09. The van der Waals surface area contributed by atoms with Crippen LogP contribution in [-0.4, -0.2) is 26.1 Å². The fourth-order valence-electron chi connectivity index (χ4n) is 2.25. The number of hydrogen-bond acceptors (Lipinski definition) is 6. The number of nitrogens with zero attached hydrogens (tertiary/aromatic N) is 1. The summed E-state index contributed by atoms with van der Waals surface area (Å²) >= 11 is 0. The highest BCUT2D eigenvalue weighted by Crippen LogP contribution is 2.36. The molecule has 0 spiro atoms. The van der Waals surface area contributed by atoms with Crippen molar-refractivity contribution >= 4 is 11.9 Å². The number of phenols is 1. The Kier molecular flexibility index (Phi) is 3.30. The second-order valence-electron chi connectivity index (χ2n) is 4.91. The third-order valence-electron chi connectivity index (χ3n) is 3.46. The van der Waals surface area contributed by atoms with Crippen LogP contribution >= 0.6 is 0 Å². The number of aromatic hydroxyl groups is 2. The number of aromatic nitrogens is 1. The minimum Gasteiger partial charge on any atom is -0.508 e. The highest BCUT2D eigenvalue weighted by atomic mass is 16.5. The standard InChI is InChI=1S/C16H13NO5/c1-8-15(20)12(9(7-18)6-17-8)5-14-16(21)11-3-2-10(19)4-13(11)22-14/h2-6,18-20H,7H2,1H3/b14-5-. The fraction of sp³-hybridized carbons (Fsp3) is 0.125. The summed E-state index contributed by atoms with van der Waals surface area (Å²) < 4.78 is 5.44. The molecule has 0 bridgehead atoms. The van der Waals surface area contributed by atoms with Crippen LogP contribution in [0.1, 0.15) is 27.2 Å². The van der Waals surface area contributed by atoms with Gasteiger partial charge in [0, 0.05) is 23.4 Å². The number of aliphatic hydroxyl groups excluding tert-OH is 1. The predicted octanol–water partition coefficient (Wildman–Crippen LogP) is 1.91. The van der Waals surface area contributed by atoms with Gasteiger partial charge in [-0.2, -0.15) is 0 Å². The molecule has 22 heavy (non-hydrogen) atoms. The average Bonchev–Trinajstić information content (AvgIpc) is 2.80. The zero-order valence-electron chi connectivity index (χ0n) is 11.7. The van der Waals surface area contributed by atoms with E-state index in [1.807, 2.05) is 0 Å². The third kappa shape index (κ3) is 2.19. The molecule has 0 aliphatic carbocycles. The van der Waals surface area contributed by atoms with Gasteiger partial charge < -0.3 is 20.1 Å². The number of rotatable bonds is 2. The van der Waals surface area contributed by atoms with E-state index in [0.717, 1.165) is 0 Å². The van der Waals surface area contributed by atoms with Crippen LogP contribution in [0.15, 0.2) is 30.2 Å². The Hall–Kier alpha value is -2.86. The van der Waals surface area contributed by atoms with Crippen molar-refractivity contribution in [1.82, 2.24) is 4.98 Å². The van der Waals surface area contributed by atoms with Crippen molar-refractivity contribution in [1.29, 1.82) is 0 Å². The number of carbonyl (C=O) groups is 1. The fourth-order valence-corrected chi connectivity index (χ4v) is 2.25. The molecule has 1 aliphatic rings. The minimum absolute atomic E-state index is 0.00792. The molecule has 0 saturated heterocycles. The van der Waals surface area contributed by atoms with Crippen molar-refractivity contribution in [2.24, 2.45) is 0 Å². The van der Waals surface area contributed by atoms with Gasteiger partial charge in [-0.25, -0.2) is 0 Å². The molecule has 0 saturated carbocycles. The second-order valence-corrected chi connectivity index (χ2v) is 4.91. The summed E-state index contributed by atoms with van der Waals surface area (Å²) in [6.45, 7) is 1.28. The predicted molar refractivity (Wildman–Crippen MR) is 77.6 cm³/mol. The smallest absolute Gasteiger partial charge is 0.231 e. The molecule has 0 radical (unpaired) electrons. The highest BCUT2D eigenvalue weighted by Gasteiger charge is 2.28. The number of allylic oxidation sites excluding steroid dienone is 1. The molecule has 3 N–H and O–H groups in total. The van der Waals surface area contributed by atoms with Crippen molar-refractivity contribution in [2.45, 2.75) is 13.5 Å². The molecular formula is C16H13NO5. The number of fused-ring (bicyclic) bond motifs is 1. The van der Waals surface area contributed by atoms with Crippen molar-refractivity contribution in [2.75, 3.05) is 0 Å². The van der Waals surface area contributed by atoms with E-state index in [0.29, 0.717) is 16.8 Å². The number of aliphatic hydroxyl groups is 1. The lowest BCUT2D eigenvalue weighted by atomic mass is 10.0. The number of phenolic OH excluding ortho intramolecular Hbond substituents is 1. The second kappa shape index (κ2) is 5.16. The third-order valence-corrected chi connectivity index (χ3v) is 3.46. The lowest BCUT2D eigenvalue weighted by Gasteiger charge is -2.08. The SMILES string of the molecule is Cc1ncc(CO)c(/C=C2\Oc3cc(O)ccc3C2=O)c1O. The number of hydrogen-bond donors (Lipinski definition) is 3. The maximum Gasteiger partial charge on any atom is 0.231 e. The zero-order valence-corrected chi connectivity index (χ0v) is 11.7. The molecule has 0 unspecified atom stereocenters. The van der Waals surface area contributed by atoms with Gasteiger partial charge in [0.15, 0.2) is 5.76 Å². The van der Waals surface area contributed by atoms with Crippen LogP contribution in [0, 0.1) is 6.92 Å². The Morgan fingerprint density at radius 3 is 2.82 bits per heavy atom. The first-order valence-electron chi connectivity index (χ1n) is 6.57. The first-order valence-corrected chi connectivity index (χ1v) is 6.57. The van der Waals surface area contributed by atoms with Gasteiger partial charge in [-0.15, -0.1) is 0 Å². The average molecular weight is 299 g/mol. The van der Waals surface area contributed by atoms with E-state index in [2.05, 4.69) is 4.98 Å². The molecule has 1 aromatic heterocycles. The van der Waals surface area contributed by atoms with Crippen LogP contribution in [0.25, 0.3) is 6.08 Å². The van der Waals surface area contributed by atoms with Crippen LogP contribution in [0.5, 0.6) is 17.2 Å². The molecule has 6 nitrogen and oxygen atoms in total. The van der Waals surface area contributed by atoms with Gasteiger partial charge in [0.1, 0.15) is 17.2 Å². The summed E-state index contributed by atoms with van der Waals surface area (Å²) in [6.07, 6.45) is 2.80. The molecule has 6 heteroatoms. The number of carbonyl (C=O) groups excluding carboxylic acids is 1. The molecule has 3 rings (SSSR count). The van der Waals surface area contributed by atoms with Crippen LogP contribution in [-0.2, 0) is 6.61 Å². The monoisotopic (exact) mass is 299 g/mol. The molecular weight excluding hydrogens is 286 g/mol. The lowest BCUT2D eigenvalue weighted by molar-refractivity contribution is 0.101. The molecule has 0 atom stereocenters. The van der Waals surface area contributed by atoms with E-state index < -0.39 is 0 Å². The van der Waals surface area contributed by atoms with Gasteiger partial charge in [0.25, 0.3) is 0 Å². The lowest BCUT2D eigenvalue weighted by Crippen LogP contribution is -2.01. The Labute approximate surface area is 125 Å². The number of Topliss-reactive ketones (excluding diaryl/α,β-unsaturated/α-hetero) is 1. The van der Waals surface area contributed by atoms with E-state index in [1.54, 1.807) is 6.92 Å². The summed E-state index contributed by atoms with van der Waals surface area (Å²) in [7, 11) is 0. The molecule has 1 aromatic carbocycles. The number of ketones is 1. The summed E-state index contributed by atoms with van der Waals surface area (Å²) in [6, 6.07) is 4.22. The highest BCUT2D eigenvalue weighted by molar-refractivity contribution is 6.14. The van der Waals surface area contributed by atoms with E-state index in [-0.39, 0.29) is 41.0 Å². The van der Waals surface area contributed by atoms with Crippen LogP contribution < -0.4 is 4.74 Å². The van der Waals surface area contributed by atoms with E-state index in [1.165, 1.54) is 30.5 Å². The molecule has 0 fully saturated rings. The first-order chi connectivity index (χ1) is 10.5. The number of pyridine rings is 1. The van der Waals surface area contributed by atoms with Gasteiger partial charge in [-0.05, 0) is 25.1 Å². The van der Waals surface area contributed by atoms with E-state index in [9.17, 15) is 20.1 Å². The molecule has 2 aromatic rings. The van der Waals surface area contributed by atoms with Crippen LogP contribution in [0.4, 0.5) is 0 Å². The van der Waals surface area contributed by atoms with E-state index >= 15 is 0 Å². The summed E-state index contributed by atoms with van der Waals surface area (Å²) in [5.41, 5.74) is 1.38. The Bertz CT molecular complexity index is 810. The van der Waals surface area contributed by atoms with Gasteiger partial charge in [0.2, 0.25) is 5.78 Å². The Morgan fingerprint density at radius 2 is 2.09 bits per heavy atom. The van der Waals surface area contributed by atoms with Gasteiger partial charge in [-0.1, -0.05) is 0 Å². The number of benzene rings is 1. The maximum absolute atomic E-state index is 12.3. The quantitative estimate of drug-likeness (QED) is 0.732. The largest absolute Gasteiger partial charge is 0.508 e. The summed E-state index contributed by atoms with van der Waals surface area (Å²) in [4.78, 5) is 16.2. The summed E-state index contributed by atoms with van der Waals surface area (Å²) in [5, 5.41) is 28.9. The van der Waals surface area contributed by atoms with Crippen LogP contribution in [0.3, 0.4) is 0 Å². The summed E-state index contributed by atoms with van der Waals surface area (Å²) in [5.74, 6) is -0.211.